The van der Waals surface area contributed by atoms with Crippen molar-refractivity contribution in [2.75, 3.05) is 0 Å². The molecule has 3 nitrogen and oxygen atoms in total. The Kier molecular flexibility index (Phi) is 2.86. The summed E-state index contributed by atoms with van der Waals surface area (Å²) >= 11 is 12.1. The van der Waals surface area contributed by atoms with E-state index >= 15 is 0 Å². The molecule has 0 aliphatic heterocycles. The first-order chi connectivity index (χ1) is 8.74. The Morgan fingerprint density at radius 1 is 1.00 bits per heavy atom. The van der Waals surface area contributed by atoms with Gasteiger partial charge in [0.2, 0.25) is 0 Å². The molecule has 0 bridgehead atoms. The molecule has 0 saturated heterocycles. The van der Waals surface area contributed by atoms with Gasteiger partial charge in [0.15, 0.2) is 5.82 Å². The van der Waals surface area contributed by atoms with Crippen LogP contribution < -0.4 is 0 Å². The zero-order valence-corrected chi connectivity index (χ0v) is 10.7. The predicted molar refractivity (Wildman–Crippen MR) is 72.8 cm³/mol. The number of nitrogens with zero attached hydrogens (tertiary/aromatic N) is 3. The first kappa shape index (κ1) is 11.4. The normalized spacial score (nSPS) is 10.8. The van der Waals surface area contributed by atoms with E-state index in [1.807, 2.05) is 18.2 Å². The summed E-state index contributed by atoms with van der Waals surface area (Å²) < 4.78 is 0. The van der Waals surface area contributed by atoms with Crippen molar-refractivity contribution in [3.8, 4) is 11.4 Å². The highest BCUT2D eigenvalue weighted by atomic mass is 35.5. The molecule has 0 aliphatic rings. The van der Waals surface area contributed by atoms with Crippen LogP contribution in [0.25, 0.3) is 22.3 Å². The zero-order chi connectivity index (χ0) is 12.5. The second-order valence-corrected chi connectivity index (χ2v) is 4.54. The lowest BCUT2D eigenvalue weighted by Gasteiger charge is -2.04. The molecular weight excluding hydrogens is 269 g/mol. The standard InChI is InChI=1S/C13H7Cl2N3/c14-9-3-4-10-11(6-9)17-13(18-12(10)15)8-2-1-5-16-7-8/h1-7H. The summed E-state index contributed by atoms with van der Waals surface area (Å²) in [5.74, 6) is 0.544. The molecule has 88 valence electrons. The molecule has 5 heteroatoms. The largest absolute Gasteiger partial charge is 0.264 e. The number of aromatic nitrogens is 3. The maximum atomic E-state index is 6.15. The van der Waals surface area contributed by atoms with Gasteiger partial charge in [-0.05, 0) is 30.3 Å². The number of benzene rings is 1. The topological polar surface area (TPSA) is 38.7 Å². The van der Waals surface area contributed by atoms with E-state index in [4.69, 9.17) is 23.2 Å². The van der Waals surface area contributed by atoms with Gasteiger partial charge in [0, 0.05) is 28.4 Å². The van der Waals surface area contributed by atoms with Gasteiger partial charge in [-0.25, -0.2) is 9.97 Å². The average molecular weight is 276 g/mol. The molecule has 1 aromatic carbocycles. The van der Waals surface area contributed by atoms with Crippen LogP contribution in [0.2, 0.25) is 10.2 Å². The lowest BCUT2D eigenvalue weighted by atomic mass is 10.2. The van der Waals surface area contributed by atoms with Crippen LogP contribution in [0.4, 0.5) is 0 Å². The van der Waals surface area contributed by atoms with Gasteiger partial charge in [0.25, 0.3) is 0 Å². The molecule has 0 atom stereocenters. The molecule has 0 aliphatic carbocycles. The number of rotatable bonds is 1. The lowest BCUT2D eigenvalue weighted by molar-refractivity contribution is 1.21. The molecule has 0 amide bonds. The molecule has 0 spiro atoms. The maximum absolute atomic E-state index is 6.15. The molecule has 3 aromatic rings. The summed E-state index contributed by atoms with van der Waals surface area (Å²) in [6.07, 6.45) is 3.39. The quantitative estimate of drug-likeness (QED) is 0.630. The average Bonchev–Trinajstić information content (AvgIpc) is 2.39. The van der Waals surface area contributed by atoms with Crippen molar-refractivity contribution in [2.45, 2.75) is 0 Å². The lowest BCUT2D eigenvalue weighted by Crippen LogP contribution is -1.92. The second kappa shape index (κ2) is 4.52. The Morgan fingerprint density at radius 2 is 1.89 bits per heavy atom. The van der Waals surface area contributed by atoms with Crippen LogP contribution in [-0.4, -0.2) is 15.0 Å². The van der Waals surface area contributed by atoms with Gasteiger partial charge in [0.05, 0.1) is 5.52 Å². The van der Waals surface area contributed by atoms with Crippen molar-refractivity contribution in [3.05, 3.63) is 52.9 Å². The smallest absolute Gasteiger partial charge is 0.163 e. The first-order valence-corrected chi connectivity index (χ1v) is 6.03. The molecule has 2 heterocycles. The Bertz CT molecular complexity index is 714. The summed E-state index contributed by atoms with van der Waals surface area (Å²) in [7, 11) is 0. The summed E-state index contributed by atoms with van der Waals surface area (Å²) in [5.41, 5.74) is 1.54. The van der Waals surface area contributed by atoms with Crippen LogP contribution in [0.3, 0.4) is 0 Å². The molecule has 18 heavy (non-hydrogen) atoms. The third-order valence-corrected chi connectivity index (χ3v) is 3.06. The van der Waals surface area contributed by atoms with Gasteiger partial charge in [-0.3, -0.25) is 4.98 Å². The minimum atomic E-state index is 0.413. The summed E-state index contributed by atoms with van der Waals surface area (Å²) in [5, 5.41) is 1.82. The van der Waals surface area contributed by atoms with Crippen molar-refractivity contribution in [3.63, 3.8) is 0 Å². The highest BCUT2D eigenvalue weighted by molar-refractivity contribution is 6.35. The summed E-state index contributed by atoms with van der Waals surface area (Å²) in [6, 6.07) is 9.06. The number of halogens is 2. The van der Waals surface area contributed by atoms with Gasteiger partial charge in [-0.1, -0.05) is 23.2 Å². The molecule has 2 aromatic heterocycles. The SMILES string of the molecule is Clc1ccc2c(Cl)nc(-c3cccnc3)nc2c1. The van der Waals surface area contributed by atoms with Crippen LogP contribution in [0.15, 0.2) is 42.7 Å². The molecular formula is C13H7Cl2N3. The summed E-state index contributed by atoms with van der Waals surface area (Å²) in [6.45, 7) is 0. The van der Waals surface area contributed by atoms with Crippen LogP contribution in [0, 0.1) is 0 Å². The predicted octanol–water partition coefficient (Wildman–Crippen LogP) is 4.00. The van der Waals surface area contributed by atoms with Gasteiger partial charge < -0.3 is 0 Å². The van der Waals surface area contributed by atoms with Gasteiger partial charge in [-0.15, -0.1) is 0 Å². The van der Waals surface area contributed by atoms with E-state index in [0.29, 0.717) is 16.0 Å². The number of fused-ring (bicyclic) bond motifs is 1. The van der Waals surface area contributed by atoms with Gasteiger partial charge >= 0.3 is 0 Å². The molecule has 0 N–H and O–H groups in total. The van der Waals surface area contributed by atoms with E-state index in [1.54, 1.807) is 24.5 Å². The van der Waals surface area contributed by atoms with Crippen LogP contribution in [0.1, 0.15) is 0 Å². The summed E-state index contributed by atoms with van der Waals surface area (Å²) in [4.78, 5) is 12.8. The highest BCUT2D eigenvalue weighted by Gasteiger charge is 2.08. The maximum Gasteiger partial charge on any atom is 0.163 e. The van der Waals surface area contributed by atoms with Crippen molar-refractivity contribution >= 4 is 34.1 Å². The fourth-order valence-electron chi connectivity index (χ4n) is 1.69. The Balaban J connectivity index is 2.27. The highest BCUT2D eigenvalue weighted by Crippen LogP contribution is 2.26. The number of pyridine rings is 1. The molecule has 0 radical (unpaired) electrons. The van der Waals surface area contributed by atoms with Crippen molar-refractivity contribution in [1.29, 1.82) is 0 Å². The van der Waals surface area contributed by atoms with Crippen molar-refractivity contribution in [1.82, 2.24) is 15.0 Å². The number of hydrogen-bond donors (Lipinski definition) is 0. The first-order valence-electron chi connectivity index (χ1n) is 5.27. The van der Waals surface area contributed by atoms with Crippen LogP contribution in [0.5, 0.6) is 0 Å². The zero-order valence-electron chi connectivity index (χ0n) is 9.14. The minimum absolute atomic E-state index is 0.413. The molecule has 0 saturated carbocycles. The van der Waals surface area contributed by atoms with E-state index in [-0.39, 0.29) is 0 Å². The molecule has 0 unspecified atom stereocenters. The van der Waals surface area contributed by atoms with Crippen LogP contribution in [-0.2, 0) is 0 Å². The van der Waals surface area contributed by atoms with E-state index in [9.17, 15) is 0 Å². The fraction of sp³-hybridized carbons (Fsp3) is 0. The Labute approximate surface area is 113 Å². The minimum Gasteiger partial charge on any atom is -0.264 e. The van der Waals surface area contributed by atoms with E-state index in [0.717, 1.165) is 16.5 Å². The van der Waals surface area contributed by atoms with Crippen LogP contribution >= 0.6 is 23.2 Å². The van der Waals surface area contributed by atoms with Gasteiger partial charge in [0.1, 0.15) is 5.15 Å². The van der Waals surface area contributed by atoms with Crippen molar-refractivity contribution < 1.29 is 0 Å². The Morgan fingerprint density at radius 3 is 2.67 bits per heavy atom. The second-order valence-electron chi connectivity index (χ2n) is 3.74. The third kappa shape index (κ3) is 2.03. The third-order valence-electron chi connectivity index (χ3n) is 2.53. The van der Waals surface area contributed by atoms with E-state index in [2.05, 4.69) is 15.0 Å². The van der Waals surface area contributed by atoms with Crippen molar-refractivity contribution in [2.24, 2.45) is 0 Å². The number of hydrogen-bond acceptors (Lipinski definition) is 3. The van der Waals surface area contributed by atoms with E-state index < -0.39 is 0 Å². The molecule has 3 rings (SSSR count). The van der Waals surface area contributed by atoms with E-state index in [1.165, 1.54) is 0 Å². The fourth-order valence-corrected chi connectivity index (χ4v) is 2.09. The Hall–Kier alpha value is -1.71. The van der Waals surface area contributed by atoms with Gasteiger partial charge in [-0.2, -0.15) is 0 Å². The molecule has 0 fully saturated rings. The monoisotopic (exact) mass is 275 g/mol.